The Morgan fingerprint density at radius 2 is 1.87 bits per heavy atom. The van der Waals surface area contributed by atoms with Gasteiger partial charge in [-0.2, -0.15) is 0 Å². The van der Waals surface area contributed by atoms with Gasteiger partial charge < -0.3 is 20.3 Å². The van der Waals surface area contributed by atoms with Crippen molar-refractivity contribution in [2.45, 2.75) is 62.4 Å². The zero-order valence-electron chi connectivity index (χ0n) is 17.8. The molecule has 3 heterocycles. The Bertz CT molecular complexity index is 911. The van der Waals surface area contributed by atoms with Crippen LogP contribution in [0.25, 0.3) is 0 Å². The third-order valence-electron chi connectivity index (χ3n) is 7.32. The smallest absolute Gasteiger partial charge is 0.246 e. The van der Waals surface area contributed by atoms with Crippen LogP contribution in [-0.2, 0) is 25.7 Å². The van der Waals surface area contributed by atoms with Crippen molar-refractivity contribution < 1.29 is 19.1 Å². The summed E-state index contributed by atoms with van der Waals surface area (Å²) in [6, 6.07) is 8.98. The highest BCUT2D eigenvalue weighted by molar-refractivity contribution is 5.99. The highest BCUT2D eigenvalue weighted by atomic mass is 16.5. The van der Waals surface area contributed by atoms with Crippen LogP contribution in [-0.4, -0.2) is 53.5 Å². The van der Waals surface area contributed by atoms with E-state index in [9.17, 15) is 14.4 Å². The lowest BCUT2D eigenvalue weighted by molar-refractivity contribution is -0.142. The highest BCUT2D eigenvalue weighted by Crippen LogP contribution is 2.55. The number of amides is 3. The Hall–Kier alpha value is -2.67. The number of likely N-dealkylation sites (tertiary alicyclic amines) is 1. The molecule has 7 nitrogen and oxygen atoms in total. The molecule has 2 saturated heterocycles. The average Bonchev–Trinajstić information content (AvgIpc) is 3.42. The van der Waals surface area contributed by atoms with Gasteiger partial charge >= 0.3 is 0 Å². The van der Waals surface area contributed by atoms with E-state index in [1.54, 1.807) is 11.9 Å². The summed E-state index contributed by atoms with van der Waals surface area (Å²) in [6.07, 6.45) is 8.55. The van der Waals surface area contributed by atoms with Gasteiger partial charge in [-0.25, -0.2) is 0 Å². The normalized spacial score (nSPS) is 34.1. The molecule has 1 spiro atoms. The van der Waals surface area contributed by atoms with E-state index in [0.29, 0.717) is 6.54 Å². The Kier molecular flexibility index (Phi) is 5.08. The maximum absolute atomic E-state index is 13.7. The van der Waals surface area contributed by atoms with Crippen LogP contribution in [0.1, 0.15) is 37.7 Å². The molecule has 0 aromatic heterocycles. The summed E-state index contributed by atoms with van der Waals surface area (Å²) in [6.45, 7) is 0.309. The first-order valence-corrected chi connectivity index (χ1v) is 11.3. The quantitative estimate of drug-likeness (QED) is 0.703. The van der Waals surface area contributed by atoms with Crippen molar-refractivity contribution in [2.75, 3.05) is 7.05 Å². The number of nitrogens with one attached hydrogen (secondary N) is 2. The maximum Gasteiger partial charge on any atom is 0.246 e. The van der Waals surface area contributed by atoms with E-state index in [0.717, 1.165) is 31.2 Å². The third-order valence-corrected chi connectivity index (χ3v) is 7.32. The molecule has 0 unspecified atom stereocenters. The number of ether oxygens (including phenoxy) is 1. The average molecular weight is 424 g/mol. The van der Waals surface area contributed by atoms with Gasteiger partial charge in [-0.15, -0.1) is 0 Å². The third kappa shape index (κ3) is 3.17. The Balaban J connectivity index is 1.50. The number of carbonyl (C=O) groups excluding carboxylic acids is 3. The molecule has 4 aliphatic rings. The summed E-state index contributed by atoms with van der Waals surface area (Å²) in [7, 11) is 1.57. The van der Waals surface area contributed by atoms with Gasteiger partial charge in [-0.1, -0.05) is 61.7 Å². The van der Waals surface area contributed by atoms with Gasteiger partial charge in [0.25, 0.3) is 0 Å². The van der Waals surface area contributed by atoms with E-state index in [1.807, 2.05) is 42.5 Å². The summed E-state index contributed by atoms with van der Waals surface area (Å²) in [5.74, 6) is -1.89. The minimum absolute atomic E-state index is 0.127. The topological polar surface area (TPSA) is 87.7 Å². The fourth-order valence-electron chi connectivity index (χ4n) is 5.91. The van der Waals surface area contributed by atoms with Gasteiger partial charge in [0.15, 0.2) is 0 Å². The first kappa shape index (κ1) is 20.2. The van der Waals surface area contributed by atoms with Crippen LogP contribution in [0.2, 0.25) is 0 Å². The molecule has 0 radical (unpaired) electrons. The molecule has 164 valence electrons. The number of hydrogen-bond donors (Lipinski definition) is 2. The fraction of sp³-hybridized carbons (Fsp3) is 0.542. The molecule has 3 amide bonds. The Labute approximate surface area is 182 Å². The largest absolute Gasteiger partial charge is 0.359 e. The SMILES string of the molecule is CNC(=O)[C@H]1[C@H]2C(=O)N(Cc3ccccc3)[C@@H](C(=O)NC3CCCCC3)[C@@]23C=C[C@H]1O3. The molecule has 1 aliphatic carbocycles. The molecule has 1 saturated carbocycles. The first-order valence-electron chi connectivity index (χ1n) is 11.3. The second-order valence-corrected chi connectivity index (χ2v) is 9.11. The van der Waals surface area contributed by atoms with Gasteiger partial charge in [-0.05, 0) is 18.4 Å². The molecule has 2 bridgehead atoms. The minimum Gasteiger partial charge on any atom is -0.359 e. The van der Waals surface area contributed by atoms with E-state index in [4.69, 9.17) is 4.74 Å². The van der Waals surface area contributed by atoms with Crippen molar-refractivity contribution in [3.63, 3.8) is 0 Å². The van der Waals surface area contributed by atoms with Crippen LogP contribution in [0.15, 0.2) is 42.5 Å². The molecule has 5 atom stereocenters. The highest BCUT2D eigenvalue weighted by Gasteiger charge is 2.72. The minimum atomic E-state index is -1.09. The van der Waals surface area contributed by atoms with Crippen LogP contribution in [0.4, 0.5) is 0 Å². The van der Waals surface area contributed by atoms with Gasteiger partial charge in [0.2, 0.25) is 17.7 Å². The number of fused-ring (bicyclic) bond motifs is 1. The number of carbonyl (C=O) groups is 3. The summed E-state index contributed by atoms with van der Waals surface area (Å²) in [5.41, 5.74) is -0.148. The van der Waals surface area contributed by atoms with E-state index < -0.39 is 29.6 Å². The number of benzene rings is 1. The van der Waals surface area contributed by atoms with E-state index in [2.05, 4.69) is 10.6 Å². The van der Waals surface area contributed by atoms with Gasteiger partial charge in [0.1, 0.15) is 11.6 Å². The summed E-state index contributed by atoms with van der Waals surface area (Å²) < 4.78 is 6.29. The van der Waals surface area contributed by atoms with Crippen molar-refractivity contribution in [1.82, 2.24) is 15.5 Å². The second-order valence-electron chi connectivity index (χ2n) is 9.11. The molecule has 2 N–H and O–H groups in total. The van der Waals surface area contributed by atoms with Gasteiger partial charge in [-0.3, -0.25) is 14.4 Å². The molecule has 3 aliphatic heterocycles. The van der Waals surface area contributed by atoms with E-state index in [1.165, 1.54) is 6.42 Å². The fourth-order valence-corrected chi connectivity index (χ4v) is 5.91. The lowest BCUT2D eigenvalue weighted by Gasteiger charge is -2.34. The Morgan fingerprint density at radius 1 is 1.13 bits per heavy atom. The number of hydrogen-bond acceptors (Lipinski definition) is 4. The molecule has 7 heteroatoms. The maximum atomic E-state index is 13.7. The molecular formula is C24H29N3O4. The predicted octanol–water partition coefficient (Wildman–Crippen LogP) is 1.53. The summed E-state index contributed by atoms with van der Waals surface area (Å²) in [5, 5.41) is 5.87. The van der Waals surface area contributed by atoms with Crippen LogP contribution in [0.3, 0.4) is 0 Å². The van der Waals surface area contributed by atoms with Crippen LogP contribution >= 0.6 is 0 Å². The van der Waals surface area contributed by atoms with Crippen LogP contribution in [0, 0.1) is 11.8 Å². The lowest BCUT2D eigenvalue weighted by atomic mass is 9.74. The molecular weight excluding hydrogens is 394 g/mol. The molecule has 1 aromatic carbocycles. The standard InChI is InChI=1S/C24H29N3O4/c1-25-21(28)18-17-12-13-24(31-17)19(18)23(30)27(14-15-8-4-2-5-9-15)20(24)22(29)26-16-10-6-3-7-11-16/h2,4-5,8-9,12-13,16-20H,3,6-7,10-11,14H2,1H3,(H,25,28)(H,26,29)/t17-,18-,19+,20+,24-/m1/s1. The van der Waals surface area contributed by atoms with Crippen molar-refractivity contribution in [3.05, 3.63) is 48.0 Å². The molecule has 31 heavy (non-hydrogen) atoms. The van der Waals surface area contributed by atoms with E-state index in [-0.39, 0.29) is 23.8 Å². The van der Waals surface area contributed by atoms with Crippen LogP contribution < -0.4 is 10.6 Å². The molecule has 5 rings (SSSR count). The Morgan fingerprint density at radius 3 is 2.58 bits per heavy atom. The van der Waals surface area contributed by atoms with Crippen molar-refractivity contribution >= 4 is 17.7 Å². The van der Waals surface area contributed by atoms with Crippen molar-refractivity contribution in [1.29, 1.82) is 0 Å². The van der Waals surface area contributed by atoms with Crippen molar-refractivity contribution in [2.24, 2.45) is 11.8 Å². The zero-order chi connectivity index (χ0) is 21.6. The number of nitrogens with zero attached hydrogens (tertiary/aromatic N) is 1. The van der Waals surface area contributed by atoms with E-state index >= 15 is 0 Å². The first-order chi connectivity index (χ1) is 15.0. The predicted molar refractivity (Wildman–Crippen MR) is 114 cm³/mol. The lowest BCUT2D eigenvalue weighted by Crippen LogP contribution is -2.56. The molecule has 3 fully saturated rings. The van der Waals surface area contributed by atoms with Gasteiger partial charge in [0, 0.05) is 19.6 Å². The second kappa shape index (κ2) is 7.79. The zero-order valence-corrected chi connectivity index (χ0v) is 17.8. The molecule has 1 aromatic rings. The van der Waals surface area contributed by atoms with Crippen LogP contribution in [0.5, 0.6) is 0 Å². The monoisotopic (exact) mass is 423 g/mol. The number of rotatable bonds is 5. The van der Waals surface area contributed by atoms with Gasteiger partial charge in [0.05, 0.1) is 17.9 Å². The van der Waals surface area contributed by atoms with Crippen molar-refractivity contribution in [3.8, 4) is 0 Å². The summed E-state index contributed by atoms with van der Waals surface area (Å²) in [4.78, 5) is 41.6. The summed E-state index contributed by atoms with van der Waals surface area (Å²) >= 11 is 0.